The second-order valence-electron chi connectivity index (χ2n) is 6.25. The third-order valence-electron chi connectivity index (χ3n) is 4.49. The van der Waals surface area contributed by atoms with Gasteiger partial charge in [0.15, 0.2) is 5.69 Å². The molecular weight excluding hydrogens is 412 g/mol. The van der Waals surface area contributed by atoms with E-state index in [1.807, 2.05) is 30.5 Å². The van der Waals surface area contributed by atoms with E-state index < -0.39 is 6.23 Å². The van der Waals surface area contributed by atoms with Crippen molar-refractivity contribution >= 4 is 35.0 Å². The molecule has 7 nitrogen and oxygen atoms in total. The summed E-state index contributed by atoms with van der Waals surface area (Å²) in [6.07, 6.45) is 1.11. The van der Waals surface area contributed by atoms with Crippen molar-refractivity contribution in [2.75, 3.05) is 18.3 Å². The first-order valence-corrected chi connectivity index (χ1v) is 10.3. The molecular formula is C20H17ClN4O3S. The Kier molecular flexibility index (Phi) is 5.29. The predicted molar refractivity (Wildman–Crippen MR) is 112 cm³/mol. The van der Waals surface area contributed by atoms with Crippen molar-refractivity contribution in [2.45, 2.75) is 18.3 Å². The van der Waals surface area contributed by atoms with Crippen molar-refractivity contribution < 1.29 is 14.3 Å². The van der Waals surface area contributed by atoms with Gasteiger partial charge >= 0.3 is 0 Å². The Balaban J connectivity index is 1.95. The van der Waals surface area contributed by atoms with Crippen LogP contribution in [-0.4, -0.2) is 34.5 Å². The molecule has 0 spiro atoms. The van der Waals surface area contributed by atoms with E-state index in [0.29, 0.717) is 32.9 Å². The standard InChI is InChI=1S/C20H17ClN4O3S/c1-11(26)25-16-9-6-13(21)10-15(16)17-18(22-20(29-3)24-23-17)28-19(25)12-4-7-14(27-2)8-5-12/h4-10,19H,1-3H3. The molecule has 4 rings (SSSR count). The summed E-state index contributed by atoms with van der Waals surface area (Å²) in [5.41, 5.74) is 2.45. The second-order valence-corrected chi connectivity index (χ2v) is 7.46. The number of rotatable bonds is 3. The largest absolute Gasteiger partial charge is 0.497 e. The summed E-state index contributed by atoms with van der Waals surface area (Å²) in [5, 5.41) is 9.42. The Morgan fingerprint density at radius 1 is 1.21 bits per heavy atom. The molecule has 1 atom stereocenters. The zero-order valence-corrected chi connectivity index (χ0v) is 17.5. The molecule has 1 aromatic heterocycles. The van der Waals surface area contributed by atoms with Gasteiger partial charge in [0.2, 0.25) is 23.2 Å². The highest BCUT2D eigenvalue weighted by Crippen LogP contribution is 2.44. The van der Waals surface area contributed by atoms with Crippen LogP contribution in [-0.2, 0) is 4.79 Å². The number of amides is 1. The number of carbonyl (C=O) groups excluding carboxylic acids is 1. The smallest absolute Gasteiger partial charge is 0.247 e. The normalized spacial score (nSPS) is 15.0. The van der Waals surface area contributed by atoms with Gasteiger partial charge in [-0.25, -0.2) is 0 Å². The minimum absolute atomic E-state index is 0.194. The number of halogens is 1. The molecule has 0 aliphatic carbocycles. The number of methoxy groups -OCH3 is 1. The van der Waals surface area contributed by atoms with Gasteiger partial charge in [0.1, 0.15) is 5.75 Å². The van der Waals surface area contributed by atoms with Crippen LogP contribution in [0.2, 0.25) is 5.02 Å². The highest BCUT2D eigenvalue weighted by molar-refractivity contribution is 7.98. The van der Waals surface area contributed by atoms with E-state index in [2.05, 4.69) is 15.2 Å². The van der Waals surface area contributed by atoms with Crippen LogP contribution in [0.5, 0.6) is 11.6 Å². The molecule has 0 N–H and O–H groups in total. The number of nitrogens with zero attached hydrogens (tertiary/aromatic N) is 4. The van der Waals surface area contributed by atoms with Gasteiger partial charge in [-0.1, -0.05) is 23.4 Å². The van der Waals surface area contributed by atoms with Gasteiger partial charge < -0.3 is 9.47 Å². The summed E-state index contributed by atoms with van der Waals surface area (Å²) in [5.74, 6) is 0.802. The SMILES string of the molecule is COc1ccc(C2Oc3nc(SC)nnc3-c3cc(Cl)ccc3N2C(C)=O)cc1. The van der Waals surface area contributed by atoms with Crippen LogP contribution in [0, 0.1) is 0 Å². The van der Waals surface area contributed by atoms with Crippen LogP contribution in [0.1, 0.15) is 18.7 Å². The van der Waals surface area contributed by atoms with Crippen LogP contribution < -0.4 is 14.4 Å². The van der Waals surface area contributed by atoms with Gasteiger partial charge in [-0.05, 0) is 48.7 Å². The minimum atomic E-state index is -0.744. The Morgan fingerprint density at radius 3 is 2.62 bits per heavy atom. The zero-order chi connectivity index (χ0) is 20.5. The molecule has 1 amide bonds. The maximum atomic E-state index is 12.7. The first kappa shape index (κ1) is 19.5. The van der Waals surface area contributed by atoms with Crippen LogP contribution >= 0.6 is 23.4 Å². The molecule has 2 aromatic carbocycles. The van der Waals surface area contributed by atoms with Crippen LogP contribution in [0.25, 0.3) is 11.3 Å². The summed E-state index contributed by atoms with van der Waals surface area (Å²) in [6, 6.07) is 12.6. The lowest BCUT2D eigenvalue weighted by atomic mass is 10.1. The molecule has 0 saturated carbocycles. The summed E-state index contributed by atoms with van der Waals surface area (Å²) in [6.45, 7) is 1.49. The third-order valence-corrected chi connectivity index (χ3v) is 5.26. The van der Waals surface area contributed by atoms with E-state index >= 15 is 0 Å². The fourth-order valence-corrected chi connectivity index (χ4v) is 3.62. The topological polar surface area (TPSA) is 77.4 Å². The minimum Gasteiger partial charge on any atom is -0.497 e. The molecule has 1 aliphatic heterocycles. The van der Waals surface area contributed by atoms with Crippen molar-refractivity contribution in [3.05, 3.63) is 53.1 Å². The molecule has 0 saturated heterocycles. The first-order chi connectivity index (χ1) is 14.0. The maximum Gasteiger partial charge on any atom is 0.247 e. The third kappa shape index (κ3) is 3.61. The Hall–Kier alpha value is -2.84. The highest BCUT2D eigenvalue weighted by atomic mass is 35.5. The van der Waals surface area contributed by atoms with Crippen molar-refractivity contribution in [2.24, 2.45) is 0 Å². The molecule has 29 heavy (non-hydrogen) atoms. The van der Waals surface area contributed by atoms with Gasteiger partial charge in [0.25, 0.3) is 0 Å². The van der Waals surface area contributed by atoms with Crippen LogP contribution in [0.4, 0.5) is 5.69 Å². The Bertz CT molecular complexity index is 1080. The van der Waals surface area contributed by atoms with Gasteiger partial charge in [-0.2, -0.15) is 4.98 Å². The number of hydrogen-bond acceptors (Lipinski definition) is 7. The molecule has 0 fully saturated rings. The average Bonchev–Trinajstić information content (AvgIpc) is 2.87. The van der Waals surface area contributed by atoms with Crippen molar-refractivity contribution in [1.82, 2.24) is 15.2 Å². The number of benzene rings is 2. The predicted octanol–water partition coefficient (Wildman–Crippen LogP) is 4.37. The number of thioether (sulfide) groups is 1. The summed E-state index contributed by atoms with van der Waals surface area (Å²) >= 11 is 7.59. The number of anilines is 1. The molecule has 148 valence electrons. The lowest BCUT2D eigenvalue weighted by Gasteiger charge is -2.30. The van der Waals surface area contributed by atoms with E-state index in [-0.39, 0.29) is 11.8 Å². The van der Waals surface area contributed by atoms with Crippen LogP contribution in [0.15, 0.2) is 47.6 Å². The molecule has 0 bridgehead atoms. The van der Waals surface area contributed by atoms with Crippen LogP contribution in [0.3, 0.4) is 0 Å². The summed E-state index contributed by atoms with van der Waals surface area (Å²) < 4.78 is 11.5. The lowest BCUT2D eigenvalue weighted by molar-refractivity contribution is -0.118. The number of aromatic nitrogens is 3. The Labute approximate surface area is 177 Å². The lowest BCUT2D eigenvalue weighted by Crippen LogP contribution is -2.36. The molecule has 2 heterocycles. The number of carbonyl (C=O) groups is 1. The van der Waals surface area contributed by atoms with Crippen molar-refractivity contribution in [3.63, 3.8) is 0 Å². The number of fused-ring (bicyclic) bond motifs is 3. The zero-order valence-electron chi connectivity index (χ0n) is 15.9. The average molecular weight is 429 g/mol. The van der Waals surface area contributed by atoms with E-state index in [1.54, 1.807) is 30.2 Å². The van der Waals surface area contributed by atoms with Gasteiger partial charge in [0, 0.05) is 23.1 Å². The highest BCUT2D eigenvalue weighted by Gasteiger charge is 2.34. The molecule has 1 unspecified atom stereocenters. The van der Waals surface area contributed by atoms with E-state index in [4.69, 9.17) is 21.1 Å². The monoisotopic (exact) mass is 428 g/mol. The Morgan fingerprint density at radius 2 is 1.97 bits per heavy atom. The van der Waals surface area contributed by atoms with Gasteiger partial charge in [-0.3, -0.25) is 9.69 Å². The second kappa shape index (κ2) is 7.88. The van der Waals surface area contributed by atoms with Crippen molar-refractivity contribution in [3.8, 4) is 22.9 Å². The molecule has 1 aliphatic rings. The molecule has 0 radical (unpaired) electrons. The number of hydrogen-bond donors (Lipinski definition) is 0. The summed E-state index contributed by atoms with van der Waals surface area (Å²) in [7, 11) is 1.60. The number of ether oxygens (including phenoxy) is 2. The van der Waals surface area contributed by atoms with Gasteiger partial charge in [0.05, 0.1) is 12.8 Å². The molecule has 3 aromatic rings. The fourth-order valence-electron chi connectivity index (χ4n) is 3.15. The van der Waals surface area contributed by atoms with E-state index in [1.165, 1.54) is 18.7 Å². The fraction of sp³-hybridized carbons (Fsp3) is 0.200. The van der Waals surface area contributed by atoms with Gasteiger partial charge in [-0.15, -0.1) is 10.2 Å². The maximum absolute atomic E-state index is 12.7. The first-order valence-electron chi connectivity index (χ1n) is 8.71. The van der Waals surface area contributed by atoms with E-state index in [0.717, 1.165) is 5.56 Å². The van der Waals surface area contributed by atoms with E-state index in [9.17, 15) is 4.79 Å². The quantitative estimate of drug-likeness (QED) is 0.573. The molecule has 9 heteroatoms. The van der Waals surface area contributed by atoms with Crippen molar-refractivity contribution in [1.29, 1.82) is 0 Å². The summed E-state index contributed by atoms with van der Waals surface area (Å²) in [4.78, 5) is 18.8.